The van der Waals surface area contributed by atoms with Gasteiger partial charge in [-0.15, -0.1) is 0 Å². The summed E-state index contributed by atoms with van der Waals surface area (Å²) in [4.78, 5) is 14.6. The van der Waals surface area contributed by atoms with Gasteiger partial charge < -0.3 is 15.3 Å². The minimum atomic E-state index is -0.0379. The molecule has 1 aromatic carbocycles. The number of benzene rings is 1. The lowest BCUT2D eigenvalue weighted by Crippen LogP contribution is -2.34. The van der Waals surface area contributed by atoms with Crippen molar-refractivity contribution in [3.63, 3.8) is 0 Å². The molecule has 0 radical (unpaired) electrons. The molecular weight excluding hydrogens is 240 g/mol. The first kappa shape index (κ1) is 12.5. The van der Waals surface area contributed by atoms with Crippen LogP contribution in [0.1, 0.15) is 24.3 Å². The van der Waals surface area contributed by atoms with Gasteiger partial charge in [0, 0.05) is 31.9 Å². The Labute approximate surface area is 113 Å². The van der Waals surface area contributed by atoms with E-state index in [9.17, 15) is 4.79 Å². The maximum atomic E-state index is 12.6. The van der Waals surface area contributed by atoms with Crippen LogP contribution in [0.2, 0.25) is 0 Å². The summed E-state index contributed by atoms with van der Waals surface area (Å²) in [5.41, 5.74) is 2.21. The maximum Gasteiger partial charge on any atom is 0.231 e. The Morgan fingerprint density at radius 2 is 2.26 bits per heavy atom. The molecular formula is C15H20N2O2. The van der Waals surface area contributed by atoms with E-state index >= 15 is 0 Å². The number of amides is 1. The molecule has 0 bridgehead atoms. The van der Waals surface area contributed by atoms with Crippen molar-refractivity contribution in [1.29, 1.82) is 0 Å². The van der Waals surface area contributed by atoms with Crippen LogP contribution in [0.4, 0.5) is 5.69 Å². The normalized spacial score (nSPS) is 25.2. The molecule has 3 rings (SSSR count). The van der Waals surface area contributed by atoms with Gasteiger partial charge in [0.2, 0.25) is 5.91 Å². The lowest BCUT2D eigenvalue weighted by atomic mass is 10.00. The molecule has 1 amide bonds. The summed E-state index contributed by atoms with van der Waals surface area (Å²) in [5.74, 6) is 0.667. The highest BCUT2D eigenvalue weighted by molar-refractivity contribution is 5.88. The lowest BCUT2D eigenvalue weighted by Gasteiger charge is -2.20. The van der Waals surface area contributed by atoms with Gasteiger partial charge in [0.05, 0.1) is 5.92 Å². The largest absolute Gasteiger partial charge is 0.396 e. The average Bonchev–Trinajstić information content (AvgIpc) is 3.05. The maximum absolute atomic E-state index is 12.6. The standard InChI is InChI=1S/C15H20N2O2/c18-8-6-11-5-7-17(10-11)15(19)13-9-16-14-4-2-1-3-12(13)14/h1-4,11,13,16,18H,5-10H2. The topological polar surface area (TPSA) is 52.6 Å². The van der Waals surface area contributed by atoms with Gasteiger partial charge in [0.1, 0.15) is 0 Å². The zero-order valence-electron chi connectivity index (χ0n) is 11.0. The van der Waals surface area contributed by atoms with Crippen LogP contribution in [0.3, 0.4) is 0 Å². The van der Waals surface area contributed by atoms with Crippen LogP contribution in [0.25, 0.3) is 0 Å². The molecule has 0 spiro atoms. The summed E-state index contributed by atoms with van der Waals surface area (Å²) in [5, 5.41) is 12.3. The number of carbonyl (C=O) groups is 1. The first-order valence-electron chi connectivity index (χ1n) is 7.02. The highest BCUT2D eigenvalue weighted by Crippen LogP contribution is 2.33. The van der Waals surface area contributed by atoms with Gasteiger partial charge in [0.15, 0.2) is 0 Å². The number of likely N-dealkylation sites (tertiary alicyclic amines) is 1. The highest BCUT2D eigenvalue weighted by atomic mass is 16.3. The smallest absolute Gasteiger partial charge is 0.231 e. The lowest BCUT2D eigenvalue weighted by molar-refractivity contribution is -0.131. The van der Waals surface area contributed by atoms with Crippen LogP contribution in [-0.4, -0.2) is 42.2 Å². The van der Waals surface area contributed by atoms with E-state index in [0.29, 0.717) is 12.5 Å². The highest BCUT2D eigenvalue weighted by Gasteiger charge is 2.34. The number of aliphatic hydroxyl groups excluding tert-OH is 1. The molecule has 0 aliphatic carbocycles. The summed E-state index contributed by atoms with van der Waals surface area (Å²) >= 11 is 0. The molecule has 4 nitrogen and oxygen atoms in total. The molecule has 2 atom stereocenters. The van der Waals surface area contributed by atoms with E-state index in [-0.39, 0.29) is 18.4 Å². The van der Waals surface area contributed by atoms with Gasteiger partial charge in [-0.25, -0.2) is 0 Å². The molecule has 0 saturated carbocycles. The van der Waals surface area contributed by atoms with Crippen LogP contribution in [-0.2, 0) is 4.79 Å². The van der Waals surface area contributed by atoms with Crippen LogP contribution in [0.15, 0.2) is 24.3 Å². The van der Waals surface area contributed by atoms with Crippen molar-refractivity contribution in [1.82, 2.24) is 4.90 Å². The third-order valence-corrected chi connectivity index (χ3v) is 4.27. The fraction of sp³-hybridized carbons (Fsp3) is 0.533. The number of anilines is 1. The molecule has 2 unspecified atom stereocenters. The Hall–Kier alpha value is -1.55. The number of para-hydroxylation sites is 1. The fourth-order valence-electron chi connectivity index (χ4n) is 3.18. The Morgan fingerprint density at radius 1 is 1.42 bits per heavy atom. The Kier molecular flexibility index (Phi) is 3.42. The number of hydrogen-bond acceptors (Lipinski definition) is 3. The molecule has 2 aliphatic heterocycles. The average molecular weight is 260 g/mol. The SMILES string of the molecule is O=C(C1CNc2ccccc21)N1CCC(CCO)C1. The summed E-state index contributed by atoms with van der Waals surface area (Å²) < 4.78 is 0. The monoisotopic (exact) mass is 260 g/mol. The van der Waals surface area contributed by atoms with E-state index in [1.165, 1.54) is 0 Å². The second-order valence-corrected chi connectivity index (χ2v) is 5.47. The van der Waals surface area contributed by atoms with E-state index in [2.05, 4.69) is 5.32 Å². The number of fused-ring (bicyclic) bond motifs is 1. The molecule has 1 fully saturated rings. The van der Waals surface area contributed by atoms with Crippen molar-refractivity contribution >= 4 is 11.6 Å². The van der Waals surface area contributed by atoms with Crippen LogP contribution < -0.4 is 5.32 Å². The Balaban J connectivity index is 1.69. The van der Waals surface area contributed by atoms with E-state index in [1.54, 1.807) is 0 Å². The molecule has 1 saturated heterocycles. The van der Waals surface area contributed by atoms with E-state index in [4.69, 9.17) is 5.11 Å². The molecule has 4 heteroatoms. The predicted octanol–water partition coefficient (Wildman–Crippen LogP) is 1.43. The molecule has 1 aromatic rings. The zero-order valence-corrected chi connectivity index (χ0v) is 11.0. The Morgan fingerprint density at radius 3 is 3.11 bits per heavy atom. The van der Waals surface area contributed by atoms with Gasteiger partial charge in [-0.1, -0.05) is 18.2 Å². The van der Waals surface area contributed by atoms with Crippen LogP contribution >= 0.6 is 0 Å². The number of rotatable bonds is 3. The number of aliphatic hydroxyl groups is 1. The van der Waals surface area contributed by atoms with E-state index in [1.807, 2.05) is 29.2 Å². The minimum absolute atomic E-state index is 0.0379. The van der Waals surface area contributed by atoms with Crippen molar-refractivity contribution in [2.75, 3.05) is 31.6 Å². The third kappa shape index (κ3) is 2.32. The Bertz CT molecular complexity index is 475. The van der Waals surface area contributed by atoms with Gasteiger partial charge in [0.25, 0.3) is 0 Å². The van der Waals surface area contributed by atoms with Crippen molar-refractivity contribution in [2.24, 2.45) is 5.92 Å². The molecule has 2 aliphatic rings. The predicted molar refractivity (Wildman–Crippen MR) is 74.1 cm³/mol. The minimum Gasteiger partial charge on any atom is -0.396 e. The van der Waals surface area contributed by atoms with Crippen molar-refractivity contribution in [3.8, 4) is 0 Å². The molecule has 0 aromatic heterocycles. The summed E-state index contributed by atoms with van der Waals surface area (Å²) in [6, 6.07) is 8.05. The number of nitrogens with one attached hydrogen (secondary N) is 1. The fourth-order valence-corrected chi connectivity index (χ4v) is 3.18. The van der Waals surface area contributed by atoms with Crippen molar-refractivity contribution < 1.29 is 9.90 Å². The molecule has 2 heterocycles. The second kappa shape index (κ2) is 5.21. The van der Waals surface area contributed by atoms with Gasteiger partial charge in [-0.2, -0.15) is 0 Å². The van der Waals surface area contributed by atoms with Gasteiger partial charge >= 0.3 is 0 Å². The number of carbonyl (C=O) groups excluding carboxylic acids is 1. The number of hydrogen-bond donors (Lipinski definition) is 2. The summed E-state index contributed by atoms with van der Waals surface area (Å²) in [6.45, 7) is 2.57. The quantitative estimate of drug-likeness (QED) is 0.864. The third-order valence-electron chi connectivity index (χ3n) is 4.27. The van der Waals surface area contributed by atoms with Crippen molar-refractivity contribution in [2.45, 2.75) is 18.8 Å². The first-order valence-corrected chi connectivity index (χ1v) is 7.02. The molecule has 2 N–H and O–H groups in total. The summed E-state index contributed by atoms with van der Waals surface area (Å²) in [7, 11) is 0. The van der Waals surface area contributed by atoms with Gasteiger partial charge in [-0.3, -0.25) is 4.79 Å². The summed E-state index contributed by atoms with van der Waals surface area (Å²) in [6.07, 6.45) is 1.83. The zero-order chi connectivity index (χ0) is 13.2. The first-order chi connectivity index (χ1) is 9.29. The second-order valence-electron chi connectivity index (χ2n) is 5.47. The number of nitrogens with zero attached hydrogens (tertiary/aromatic N) is 1. The molecule has 19 heavy (non-hydrogen) atoms. The van der Waals surface area contributed by atoms with Crippen LogP contribution in [0, 0.1) is 5.92 Å². The molecule has 102 valence electrons. The van der Waals surface area contributed by atoms with Crippen LogP contribution in [0.5, 0.6) is 0 Å². The van der Waals surface area contributed by atoms with E-state index in [0.717, 1.165) is 37.2 Å². The van der Waals surface area contributed by atoms with E-state index < -0.39 is 0 Å². The van der Waals surface area contributed by atoms with Crippen molar-refractivity contribution in [3.05, 3.63) is 29.8 Å². The van der Waals surface area contributed by atoms with Gasteiger partial charge in [-0.05, 0) is 30.4 Å².